The molecule has 1 N–H and O–H groups in total. The standard InChI is InChI=1S/C16H15NO2/c1-12(18)14-9-5-6-10-15(16(14)19)17-11-13-7-3-2-4-8-13/h2-10H,11H2,1H3,(H,17,19). The molecule has 0 unspecified atom stereocenters. The van der Waals surface area contributed by atoms with Crippen molar-refractivity contribution in [2.24, 2.45) is 0 Å². The maximum Gasteiger partial charge on any atom is 0.212 e. The second-order valence-electron chi connectivity index (χ2n) is 4.27. The van der Waals surface area contributed by atoms with Crippen LogP contribution >= 0.6 is 0 Å². The molecular weight excluding hydrogens is 238 g/mol. The second-order valence-corrected chi connectivity index (χ2v) is 4.27. The van der Waals surface area contributed by atoms with E-state index in [9.17, 15) is 9.59 Å². The summed E-state index contributed by atoms with van der Waals surface area (Å²) in [4.78, 5) is 23.6. The van der Waals surface area contributed by atoms with E-state index in [2.05, 4.69) is 5.32 Å². The van der Waals surface area contributed by atoms with Crippen molar-refractivity contribution in [3.63, 3.8) is 0 Å². The molecule has 2 aromatic rings. The van der Waals surface area contributed by atoms with Crippen LogP contribution in [0.3, 0.4) is 0 Å². The molecule has 0 bridgehead atoms. The summed E-state index contributed by atoms with van der Waals surface area (Å²) in [5, 5.41) is 3.08. The highest BCUT2D eigenvalue weighted by Gasteiger charge is 2.06. The normalized spacial score (nSPS) is 9.95. The largest absolute Gasteiger partial charge is 0.378 e. The summed E-state index contributed by atoms with van der Waals surface area (Å²) in [5.74, 6) is -0.219. The van der Waals surface area contributed by atoms with E-state index >= 15 is 0 Å². The summed E-state index contributed by atoms with van der Waals surface area (Å²) < 4.78 is 0. The van der Waals surface area contributed by atoms with Crippen LogP contribution in [-0.4, -0.2) is 5.78 Å². The Kier molecular flexibility index (Phi) is 4.08. The van der Waals surface area contributed by atoms with Gasteiger partial charge >= 0.3 is 0 Å². The van der Waals surface area contributed by atoms with Gasteiger partial charge in [0.25, 0.3) is 0 Å². The van der Waals surface area contributed by atoms with Crippen molar-refractivity contribution in [1.82, 2.24) is 0 Å². The first-order chi connectivity index (χ1) is 9.18. The third-order valence-corrected chi connectivity index (χ3v) is 2.83. The second kappa shape index (κ2) is 5.96. The molecule has 0 saturated carbocycles. The summed E-state index contributed by atoms with van der Waals surface area (Å²) in [7, 11) is 0. The maximum absolute atomic E-state index is 12.1. The van der Waals surface area contributed by atoms with Gasteiger partial charge in [-0.25, -0.2) is 0 Å². The molecule has 0 aliphatic heterocycles. The first-order valence-corrected chi connectivity index (χ1v) is 6.10. The summed E-state index contributed by atoms with van der Waals surface area (Å²) in [5.41, 5.74) is 1.48. The molecule has 0 aliphatic rings. The minimum atomic E-state index is -0.256. The number of nitrogens with one attached hydrogen (secondary N) is 1. The number of carbonyl (C=O) groups is 1. The van der Waals surface area contributed by atoms with Crippen molar-refractivity contribution in [2.75, 3.05) is 5.32 Å². The Labute approximate surface area is 111 Å². The Morgan fingerprint density at radius 1 is 1.00 bits per heavy atom. The summed E-state index contributed by atoms with van der Waals surface area (Å²) in [6.45, 7) is 1.95. The van der Waals surface area contributed by atoms with Crippen molar-refractivity contribution in [3.8, 4) is 0 Å². The molecule has 0 heterocycles. The van der Waals surface area contributed by atoms with Crippen LogP contribution in [0.5, 0.6) is 0 Å². The number of anilines is 1. The average molecular weight is 253 g/mol. The average Bonchev–Trinajstić information content (AvgIpc) is 2.60. The van der Waals surface area contributed by atoms with Gasteiger partial charge in [0.15, 0.2) is 5.78 Å². The van der Waals surface area contributed by atoms with Gasteiger partial charge in [0.05, 0.1) is 11.3 Å². The number of Topliss-reactive ketones (excluding diaryl/α,β-unsaturated/α-hetero) is 1. The Hall–Kier alpha value is -2.42. The van der Waals surface area contributed by atoms with E-state index in [1.54, 1.807) is 24.3 Å². The highest BCUT2D eigenvalue weighted by molar-refractivity contribution is 5.94. The van der Waals surface area contributed by atoms with E-state index in [-0.39, 0.29) is 16.8 Å². The molecule has 0 saturated heterocycles. The number of carbonyl (C=O) groups excluding carboxylic acids is 1. The van der Waals surface area contributed by atoms with Crippen LogP contribution in [0, 0.1) is 0 Å². The third-order valence-electron chi connectivity index (χ3n) is 2.83. The number of rotatable bonds is 4. The minimum absolute atomic E-state index is 0.209. The highest BCUT2D eigenvalue weighted by atomic mass is 16.1. The van der Waals surface area contributed by atoms with Crippen LogP contribution < -0.4 is 10.7 Å². The Morgan fingerprint density at radius 3 is 2.32 bits per heavy atom. The molecule has 0 fully saturated rings. The van der Waals surface area contributed by atoms with Gasteiger partial charge in [-0.1, -0.05) is 42.5 Å². The van der Waals surface area contributed by atoms with Gasteiger partial charge in [-0.2, -0.15) is 0 Å². The van der Waals surface area contributed by atoms with Crippen LogP contribution in [0.1, 0.15) is 22.8 Å². The predicted octanol–water partition coefficient (Wildman–Crippen LogP) is 2.86. The van der Waals surface area contributed by atoms with Crippen molar-refractivity contribution in [2.45, 2.75) is 13.5 Å². The lowest BCUT2D eigenvalue weighted by Gasteiger charge is -2.04. The fraction of sp³-hybridized carbons (Fsp3) is 0.125. The summed E-state index contributed by atoms with van der Waals surface area (Å²) >= 11 is 0. The van der Waals surface area contributed by atoms with Crippen molar-refractivity contribution < 1.29 is 4.79 Å². The molecule has 96 valence electrons. The van der Waals surface area contributed by atoms with Crippen LogP contribution in [0.25, 0.3) is 0 Å². The first-order valence-electron chi connectivity index (χ1n) is 6.10. The zero-order chi connectivity index (χ0) is 13.7. The topological polar surface area (TPSA) is 46.2 Å². The molecule has 0 aliphatic carbocycles. The molecule has 2 rings (SSSR count). The monoisotopic (exact) mass is 253 g/mol. The molecule has 3 nitrogen and oxygen atoms in total. The predicted molar refractivity (Wildman–Crippen MR) is 76.5 cm³/mol. The van der Waals surface area contributed by atoms with E-state index in [1.807, 2.05) is 30.3 Å². The van der Waals surface area contributed by atoms with Gasteiger partial charge in [-0.3, -0.25) is 9.59 Å². The number of hydrogen-bond donors (Lipinski definition) is 1. The zero-order valence-electron chi connectivity index (χ0n) is 10.7. The van der Waals surface area contributed by atoms with E-state index in [4.69, 9.17) is 0 Å². The Bertz CT molecular complexity index is 636. The van der Waals surface area contributed by atoms with Crippen molar-refractivity contribution in [1.29, 1.82) is 0 Å². The Balaban J connectivity index is 2.27. The van der Waals surface area contributed by atoms with Crippen LogP contribution in [-0.2, 0) is 6.54 Å². The molecule has 0 radical (unpaired) electrons. The van der Waals surface area contributed by atoms with E-state index in [0.717, 1.165) is 5.56 Å². The lowest BCUT2D eigenvalue weighted by Crippen LogP contribution is -2.15. The Morgan fingerprint density at radius 2 is 1.63 bits per heavy atom. The van der Waals surface area contributed by atoms with Crippen LogP contribution in [0.15, 0.2) is 59.4 Å². The molecule has 0 aromatic heterocycles. The van der Waals surface area contributed by atoms with Gasteiger partial charge < -0.3 is 5.32 Å². The van der Waals surface area contributed by atoms with Crippen LogP contribution in [0.2, 0.25) is 0 Å². The molecular formula is C16H15NO2. The molecule has 0 atom stereocenters. The van der Waals surface area contributed by atoms with Crippen molar-refractivity contribution in [3.05, 3.63) is 75.9 Å². The van der Waals surface area contributed by atoms with Gasteiger partial charge in [0.1, 0.15) is 0 Å². The van der Waals surface area contributed by atoms with Crippen LogP contribution in [0.4, 0.5) is 5.69 Å². The highest BCUT2D eigenvalue weighted by Crippen LogP contribution is 2.05. The smallest absolute Gasteiger partial charge is 0.212 e. The minimum Gasteiger partial charge on any atom is -0.378 e. The lowest BCUT2D eigenvalue weighted by molar-refractivity contribution is 0.101. The lowest BCUT2D eigenvalue weighted by atomic mass is 10.2. The SMILES string of the molecule is CC(=O)c1ccccc(NCc2ccccc2)c1=O. The zero-order valence-corrected chi connectivity index (χ0v) is 10.7. The fourth-order valence-corrected chi connectivity index (χ4v) is 1.81. The first kappa shape index (κ1) is 13.0. The fourth-order valence-electron chi connectivity index (χ4n) is 1.81. The van der Waals surface area contributed by atoms with Gasteiger partial charge in [0, 0.05) is 6.54 Å². The molecule has 3 heteroatoms. The van der Waals surface area contributed by atoms with E-state index < -0.39 is 0 Å². The summed E-state index contributed by atoms with van der Waals surface area (Å²) in [6.07, 6.45) is 0. The molecule has 19 heavy (non-hydrogen) atoms. The number of benzene rings is 1. The quantitative estimate of drug-likeness (QED) is 0.852. The molecule has 0 amide bonds. The number of ketones is 1. The van der Waals surface area contributed by atoms with Gasteiger partial charge in [-0.15, -0.1) is 0 Å². The summed E-state index contributed by atoms with van der Waals surface area (Å²) in [6, 6.07) is 16.5. The van der Waals surface area contributed by atoms with E-state index in [0.29, 0.717) is 12.2 Å². The van der Waals surface area contributed by atoms with E-state index in [1.165, 1.54) is 6.92 Å². The molecule has 0 spiro atoms. The van der Waals surface area contributed by atoms with Gasteiger partial charge in [-0.05, 0) is 24.6 Å². The number of hydrogen-bond acceptors (Lipinski definition) is 3. The third kappa shape index (κ3) is 3.28. The van der Waals surface area contributed by atoms with Crippen molar-refractivity contribution >= 4 is 11.5 Å². The van der Waals surface area contributed by atoms with Gasteiger partial charge in [0.2, 0.25) is 5.43 Å². The maximum atomic E-state index is 12.1. The molecule has 2 aromatic carbocycles.